The summed E-state index contributed by atoms with van der Waals surface area (Å²) >= 11 is 3.96. The van der Waals surface area contributed by atoms with Gasteiger partial charge in [-0.3, -0.25) is 0 Å². The third-order valence-electron chi connectivity index (χ3n) is 5.83. The monoisotopic (exact) mass is 689 g/mol. The van der Waals surface area contributed by atoms with Gasteiger partial charge in [0.05, 0.1) is 47.5 Å². The number of halogens is 18. The first-order valence-electron chi connectivity index (χ1n) is 11.4. The van der Waals surface area contributed by atoms with Crippen LogP contribution in [0.2, 0.25) is 0 Å². The van der Waals surface area contributed by atoms with Gasteiger partial charge in [-0.25, -0.2) is 79.0 Å². The Hall–Kier alpha value is -3.02. The predicted octanol–water partition coefficient (Wildman–Crippen LogP) is 10.8. The third-order valence-corrected chi connectivity index (χ3v) is 5.92. The molecule has 20 heteroatoms. The number of aliphatic imine (C=N–C) groups is 1. The van der Waals surface area contributed by atoms with Crippen molar-refractivity contribution in [2.24, 2.45) is 4.99 Å². The normalized spacial score (nSPS) is 13.3. The van der Waals surface area contributed by atoms with Gasteiger partial charge in [-0.2, -0.15) is 4.99 Å². The lowest BCUT2D eigenvalue weighted by Crippen LogP contribution is -2.40. The second-order valence-electron chi connectivity index (χ2n) is 9.38. The highest BCUT2D eigenvalue weighted by Gasteiger charge is 2.56. The summed E-state index contributed by atoms with van der Waals surface area (Å²) in [4.78, 5) is 2.59. The summed E-state index contributed by atoms with van der Waals surface area (Å²) in [5, 5.41) is 1.27. The summed E-state index contributed by atoms with van der Waals surface area (Å²) in [5.41, 5.74) is -10.4. The van der Waals surface area contributed by atoms with Crippen LogP contribution in [0.5, 0.6) is 0 Å². The first-order valence-corrected chi connectivity index (χ1v) is 11.9. The average Bonchev–Trinajstić information content (AvgIpc) is 2.83. The van der Waals surface area contributed by atoms with Crippen molar-refractivity contribution in [1.82, 2.24) is 0 Å². The van der Waals surface area contributed by atoms with Crippen molar-refractivity contribution in [3.8, 4) is 11.1 Å². The molecule has 0 saturated heterocycles. The molecule has 0 aliphatic heterocycles. The van der Waals surface area contributed by atoms with E-state index in [1.807, 2.05) is 0 Å². The lowest BCUT2D eigenvalue weighted by atomic mass is 9.92. The Kier molecular flexibility index (Phi) is 10.5. The predicted molar refractivity (Wildman–Crippen MR) is 119 cm³/mol. The maximum atomic E-state index is 14.6. The fourth-order valence-electron chi connectivity index (χ4n) is 4.02. The van der Waals surface area contributed by atoms with Gasteiger partial charge in [-0.05, 0) is 12.2 Å². The number of benzene rings is 2. The van der Waals surface area contributed by atoms with Gasteiger partial charge in [0.2, 0.25) is 0 Å². The molecule has 2 aromatic rings. The highest BCUT2D eigenvalue weighted by Crippen LogP contribution is 2.49. The molecule has 0 N–H and O–H groups in total. The van der Waals surface area contributed by atoms with Gasteiger partial charge in [0, 0.05) is 6.42 Å². The minimum absolute atomic E-state index is 0.679. The van der Waals surface area contributed by atoms with Crippen LogP contribution in [-0.4, -0.2) is 28.9 Å². The van der Waals surface area contributed by atoms with Crippen molar-refractivity contribution in [1.29, 1.82) is 0 Å². The van der Waals surface area contributed by atoms with Gasteiger partial charge in [-0.1, -0.05) is 6.92 Å². The van der Waals surface area contributed by atoms with Gasteiger partial charge in [-0.15, -0.1) is 0 Å². The largest absolute Gasteiger partial charge is 0.284 e. The lowest BCUT2D eigenvalue weighted by Gasteiger charge is -2.30. The summed E-state index contributed by atoms with van der Waals surface area (Å²) in [5.74, 6) is -50.2. The van der Waals surface area contributed by atoms with Crippen LogP contribution in [0, 0.1) is 46.5 Å². The summed E-state index contributed by atoms with van der Waals surface area (Å²) < 4.78 is 255. The molecule has 0 fully saturated rings. The van der Waals surface area contributed by atoms with E-state index in [-0.39, 0.29) is 0 Å². The van der Waals surface area contributed by atoms with E-state index in [2.05, 4.69) is 17.2 Å². The quantitative estimate of drug-likeness (QED) is 0.0936. The Bertz CT molecular complexity index is 1420. The Morgan fingerprint density at radius 3 is 1.16 bits per heavy atom. The van der Waals surface area contributed by atoms with Crippen molar-refractivity contribution in [3.05, 3.63) is 52.1 Å². The molecular weight excluding hydrogens is 676 g/mol. The van der Waals surface area contributed by atoms with E-state index in [0.29, 0.717) is 6.92 Å². The molecule has 246 valence electrons. The maximum Gasteiger partial charge on any atom is 0.284 e. The van der Waals surface area contributed by atoms with Crippen LogP contribution in [0.15, 0.2) is 4.99 Å². The number of hydrogen-bond donors (Lipinski definition) is 0. The molecule has 0 aliphatic carbocycles. The number of isothiocyanates is 1. The maximum absolute atomic E-state index is 14.6. The van der Waals surface area contributed by atoms with E-state index in [4.69, 9.17) is 0 Å². The van der Waals surface area contributed by atoms with Crippen molar-refractivity contribution >= 4 is 23.1 Å². The Morgan fingerprint density at radius 2 is 0.818 bits per heavy atom. The topological polar surface area (TPSA) is 12.4 Å². The molecule has 0 heterocycles. The number of hydrogen-bond acceptors (Lipinski definition) is 2. The smallest absolute Gasteiger partial charge is 0.207 e. The molecular formula is C24H13F18NS. The Morgan fingerprint density at radius 1 is 0.500 bits per heavy atom. The van der Waals surface area contributed by atoms with Crippen molar-refractivity contribution in [2.75, 3.05) is 0 Å². The molecule has 0 aliphatic rings. The second-order valence-corrected chi connectivity index (χ2v) is 9.56. The van der Waals surface area contributed by atoms with E-state index in [0.717, 1.165) is 0 Å². The first-order chi connectivity index (χ1) is 19.7. The number of nitrogens with zero attached hydrogens (tertiary/aromatic N) is 1. The van der Waals surface area contributed by atoms with Gasteiger partial charge >= 0.3 is 0 Å². The van der Waals surface area contributed by atoms with Crippen LogP contribution in [0.3, 0.4) is 0 Å². The minimum Gasteiger partial charge on any atom is -0.207 e. The molecule has 0 atom stereocenters. The van der Waals surface area contributed by atoms with Crippen molar-refractivity contribution in [3.63, 3.8) is 0 Å². The van der Waals surface area contributed by atoms with Crippen LogP contribution in [0.4, 0.5) is 84.7 Å². The highest BCUT2D eigenvalue weighted by atomic mass is 32.1. The molecule has 0 saturated carbocycles. The zero-order chi connectivity index (χ0) is 34.4. The molecule has 2 aromatic carbocycles. The molecule has 0 radical (unpaired) electrons. The van der Waals surface area contributed by atoms with Gasteiger partial charge in [0.1, 0.15) is 0 Å². The Balaban J connectivity index is 2.57. The molecule has 0 spiro atoms. The molecule has 1 nitrogen and oxygen atoms in total. The van der Waals surface area contributed by atoms with Crippen LogP contribution < -0.4 is 0 Å². The minimum atomic E-state index is -5.91. The van der Waals surface area contributed by atoms with E-state index in [1.165, 1.54) is 5.16 Å². The van der Waals surface area contributed by atoms with Crippen molar-refractivity contribution < 1.29 is 79.0 Å². The summed E-state index contributed by atoms with van der Waals surface area (Å²) in [6.45, 7) is 0.679. The van der Waals surface area contributed by atoms with E-state index >= 15 is 0 Å². The fourth-order valence-corrected chi connectivity index (χ4v) is 4.11. The first kappa shape index (κ1) is 37.2. The number of alkyl halides is 10. The third kappa shape index (κ3) is 7.79. The number of thiocarbonyl (C=S) groups is 1. The summed E-state index contributed by atoms with van der Waals surface area (Å²) in [6, 6.07) is 0. The standard InChI is InChI=1S/C24H13F18NS/c1-2-20(33,34)3-21(35,36)4-22(37,38)5-23(39,40)6-24(41,42)10-15(29)11(25)8(12(26)16(10)30)9-13(27)17(31)19(43-7-44)18(32)14(9)28/h2-6H2,1H3. The molecule has 0 bridgehead atoms. The summed E-state index contributed by atoms with van der Waals surface area (Å²) in [6.07, 6.45) is -13.6. The van der Waals surface area contributed by atoms with E-state index in [1.54, 1.807) is 0 Å². The molecule has 44 heavy (non-hydrogen) atoms. The molecule has 0 aromatic heterocycles. The zero-order valence-electron chi connectivity index (χ0n) is 21.2. The van der Waals surface area contributed by atoms with Gasteiger partial charge in [0.25, 0.3) is 29.6 Å². The zero-order valence-corrected chi connectivity index (χ0v) is 22.0. The van der Waals surface area contributed by atoms with Gasteiger partial charge in [0.15, 0.2) is 52.2 Å². The van der Waals surface area contributed by atoms with Gasteiger partial charge < -0.3 is 0 Å². The van der Waals surface area contributed by atoms with Crippen LogP contribution in [0.25, 0.3) is 11.1 Å². The molecule has 2 rings (SSSR count). The average molecular weight is 689 g/mol. The van der Waals surface area contributed by atoms with Crippen LogP contribution >= 0.6 is 12.2 Å². The number of rotatable bonds is 12. The summed E-state index contributed by atoms with van der Waals surface area (Å²) in [7, 11) is 0. The molecule has 0 amide bonds. The van der Waals surface area contributed by atoms with Crippen LogP contribution in [-0.2, 0) is 5.92 Å². The van der Waals surface area contributed by atoms with Crippen molar-refractivity contribution in [2.45, 2.75) is 68.6 Å². The highest BCUT2D eigenvalue weighted by molar-refractivity contribution is 7.78. The lowest BCUT2D eigenvalue weighted by molar-refractivity contribution is -0.194. The molecule has 0 unspecified atom stereocenters. The fraction of sp³-hybridized carbons (Fsp3) is 0.458. The van der Waals surface area contributed by atoms with E-state index < -0.39 is 131 Å². The SMILES string of the molecule is CCC(F)(F)CC(F)(F)CC(F)(F)CC(F)(F)CC(F)(F)c1c(F)c(F)c(-c2c(F)c(F)c(N=C=S)c(F)c2F)c(F)c1F. The Labute approximate surface area is 239 Å². The van der Waals surface area contributed by atoms with Crippen LogP contribution in [0.1, 0.15) is 44.6 Å². The second kappa shape index (κ2) is 12.4. The van der Waals surface area contributed by atoms with E-state index in [9.17, 15) is 79.0 Å².